The quantitative estimate of drug-likeness (QED) is 0.536. The van der Waals surface area contributed by atoms with E-state index in [2.05, 4.69) is 10.3 Å². The number of carbonyl (C=O) groups is 1. The van der Waals surface area contributed by atoms with Crippen molar-refractivity contribution in [3.63, 3.8) is 0 Å². The fraction of sp³-hybridized carbons (Fsp3) is 0.273. The molecule has 1 amide bonds. The second kappa shape index (κ2) is 9.59. The van der Waals surface area contributed by atoms with E-state index in [-0.39, 0.29) is 16.8 Å². The topological polar surface area (TPSA) is 88.6 Å². The number of ether oxygens (including phenoxy) is 1. The number of sulfonamides is 1. The van der Waals surface area contributed by atoms with Crippen LogP contribution in [-0.4, -0.2) is 43.3 Å². The van der Waals surface area contributed by atoms with E-state index in [9.17, 15) is 13.2 Å². The summed E-state index contributed by atoms with van der Waals surface area (Å²) >= 11 is 1.32. The standard InChI is InChI=1S/C22H25N3O4S2/c1-5-29-18-10-6-16(7-11-18)20-14-30-22(23-20)24-21(26)17-8-12-19(13-9-17)31(27,28)25(4)15(2)3/h6-15H,5H2,1-4H3,(H,23,24,26). The molecule has 0 fully saturated rings. The van der Waals surface area contributed by atoms with Gasteiger partial charge in [-0.15, -0.1) is 11.3 Å². The van der Waals surface area contributed by atoms with Crippen molar-refractivity contribution in [3.8, 4) is 17.0 Å². The van der Waals surface area contributed by atoms with Crippen LogP contribution in [0.1, 0.15) is 31.1 Å². The van der Waals surface area contributed by atoms with Crippen molar-refractivity contribution in [2.75, 3.05) is 19.0 Å². The molecular formula is C22H25N3O4S2. The van der Waals surface area contributed by atoms with E-state index >= 15 is 0 Å². The zero-order valence-electron chi connectivity index (χ0n) is 17.8. The van der Waals surface area contributed by atoms with Crippen LogP contribution in [0.2, 0.25) is 0 Å². The average molecular weight is 460 g/mol. The first-order chi connectivity index (χ1) is 14.7. The summed E-state index contributed by atoms with van der Waals surface area (Å²) in [6.45, 7) is 6.14. The second-order valence-electron chi connectivity index (χ2n) is 7.09. The monoisotopic (exact) mass is 459 g/mol. The van der Waals surface area contributed by atoms with Gasteiger partial charge >= 0.3 is 0 Å². The smallest absolute Gasteiger partial charge is 0.257 e. The number of benzene rings is 2. The summed E-state index contributed by atoms with van der Waals surface area (Å²) in [5.41, 5.74) is 2.02. The summed E-state index contributed by atoms with van der Waals surface area (Å²) in [5.74, 6) is 0.439. The predicted molar refractivity (Wildman–Crippen MR) is 123 cm³/mol. The van der Waals surface area contributed by atoms with Crippen molar-refractivity contribution in [2.24, 2.45) is 0 Å². The van der Waals surface area contributed by atoms with Gasteiger partial charge in [-0.05, 0) is 69.3 Å². The molecule has 0 radical (unpaired) electrons. The van der Waals surface area contributed by atoms with E-state index in [1.54, 1.807) is 13.8 Å². The van der Waals surface area contributed by atoms with Crippen molar-refractivity contribution in [2.45, 2.75) is 31.7 Å². The van der Waals surface area contributed by atoms with E-state index in [4.69, 9.17) is 4.74 Å². The second-order valence-corrected chi connectivity index (χ2v) is 9.94. The van der Waals surface area contributed by atoms with Gasteiger partial charge in [0.15, 0.2) is 5.13 Å². The van der Waals surface area contributed by atoms with Gasteiger partial charge in [-0.3, -0.25) is 10.1 Å². The lowest BCUT2D eigenvalue weighted by molar-refractivity contribution is 0.102. The molecule has 0 aliphatic rings. The highest BCUT2D eigenvalue weighted by Gasteiger charge is 2.23. The minimum atomic E-state index is -3.59. The number of thiazole rings is 1. The van der Waals surface area contributed by atoms with Crippen LogP contribution >= 0.6 is 11.3 Å². The van der Waals surface area contributed by atoms with E-state index in [1.807, 2.05) is 36.6 Å². The highest BCUT2D eigenvalue weighted by Crippen LogP contribution is 2.27. The molecule has 0 bridgehead atoms. The number of hydrogen-bond donors (Lipinski definition) is 1. The Morgan fingerprint density at radius 3 is 2.35 bits per heavy atom. The van der Waals surface area contributed by atoms with Crippen molar-refractivity contribution in [3.05, 3.63) is 59.5 Å². The third kappa shape index (κ3) is 5.30. The molecule has 1 aromatic heterocycles. The maximum Gasteiger partial charge on any atom is 0.257 e. The Kier molecular flexibility index (Phi) is 7.09. The van der Waals surface area contributed by atoms with E-state index < -0.39 is 10.0 Å². The number of rotatable bonds is 8. The molecule has 3 aromatic rings. The largest absolute Gasteiger partial charge is 0.494 e. The van der Waals surface area contributed by atoms with E-state index in [0.717, 1.165) is 17.0 Å². The number of carbonyl (C=O) groups excluding carboxylic acids is 1. The zero-order chi connectivity index (χ0) is 22.6. The Morgan fingerprint density at radius 1 is 1.13 bits per heavy atom. The van der Waals surface area contributed by atoms with Crippen LogP contribution in [0, 0.1) is 0 Å². The molecule has 0 aliphatic carbocycles. The molecule has 2 aromatic carbocycles. The molecule has 0 spiro atoms. The third-order valence-corrected chi connectivity index (χ3v) is 7.51. The fourth-order valence-electron chi connectivity index (χ4n) is 2.74. The molecule has 164 valence electrons. The van der Waals surface area contributed by atoms with Crippen LogP contribution in [0.5, 0.6) is 5.75 Å². The first-order valence-electron chi connectivity index (χ1n) is 9.80. The van der Waals surface area contributed by atoms with Crippen LogP contribution in [-0.2, 0) is 10.0 Å². The minimum absolute atomic E-state index is 0.146. The number of anilines is 1. The number of nitrogens with zero attached hydrogens (tertiary/aromatic N) is 2. The van der Waals surface area contributed by atoms with Gasteiger partial charge in [0.05, 0.1) is 17.2 Å². The Balaban J connectivity index is 1.70. The molecule has 0 aliphatic heterocycles. The van der Waals surface area contributed by atoms with Gasteiger partial charge in [-0.2, -0.15) is 4.31 Å². The number of aromatic nitrogens is 1. The Hall–Kier alpha value is -2.75. The van der Waals surface area contributed by atoms with Gasteiger partial charge in [-0.1, -0.05) is 0 Å². The minimum Gasteiger partial charge on any atom is -0.494 e. The van der Waals surface area contributed by atoms with Crippen LogP contribution in [0.15, 0.2) is 58.8 Å². The first-order valence-corrected chi connectivity index (χ1v) is 12.1. The van der Waals surface area contributed by atoms with E-state index in [1.165, 1.54) is 47.0 Å². The van der Waals surface area contributed by atoms with Crippen molar-refractivity contribution in [1.82, 2.24) is 9.29 Å². The summed E-state index contributed by atoms with van der Waals surface area (Å²) in [7, 11) is -2.06. The molecule has 1 heterocycles. The van der Waals surface area contributed by atoms with E-state index in [0.29, 0.717) is 17.3 Å². The number of hydrogen-bond acceptors (Lipinski definition) is 6. The van der Waals surface area contributed by atoms with Crippen LogP contribution in [0.25, 0.3) is 11.3 Å². The molecule has 31 heavy (non-hydrogen) atoms. The summed E-state index contributed by atoms with van der Waals surface area (Å²) in [5, 5.41) is 5.09. The molecule has 7 nitrogen and oxygen atoms in total. The SMILES string of the molecule is CCOc1ccc(-c2csc(NC(=O)c3ccc(S(=O)(=O)N(C)C(C)C)cc3)n2)cc1. The molecular weight excluding hydrogens is 434 g/mol. The van der Waals surface area contributed by atoms with Gasteiger partial charge in [0.25, 0.3) is 5.91 Å². The fourth-order valence-corrected chi connectivity index (χ4v) is 4.83. The van der Waals surface area contributed by atoms with Gasteiger partial charge in [0, 0.05) is 29.6 Å². The molecule has 0 saturated heterocycles. The van der Waals surface area contributed by atoms with Gasteiger partial charge < -0.3 is 4.74 Å². The normalized spacial score (nSPS) is 11.7. The van der Waals surface area contributed by atoms with Crippen LogP contribution in [0.3, 0.4) is 0 Å². The Morgan fingerprint density at radius 2 is 1.77 bits per heavy atom. The maximum absolute atomic E-state index is 12.6. The third-order valence-electron chi connectivity index (χ3n) is 4.71. The Bertz CT molecular complexity index is 1140. The highest BCUT2D eigenvalue weighted by molar-refractivity contribution is 7.89. The first kappa shape index (κ1) is 22.9. The summed E-state index contributed by atoms with van der Waals surface area (Å²) in [6.07, 6.45) is 0. The van der Waals surface area contributed by atoms with Crippen LogP contribution < -0.4 is 10.1 Å². The zero-order valence-corrected chi connectivity index (χ0v) is 19.5. The van der Waals surface area contributed by atoms with Gasteiger partial charge in [-0.25, -0.2) is 13.4 Å². The molecule has 0 atom stereocenters. The van der Waals surface area contributed by atoms with Crippen LogP contribution in [0.4, 0.5) is 5.13 Å². The molecule has 0 unspecified atom stereocenters. The lowest BCUT2D eigenvalue weighted by Gasteiger charge is -2.20. The predicted octanol–water partition coefficient (Wildman–Crippen LogP) is 4.49. The lowest BCUT2D eigenvalue weighted by Crippen LogP contribution is -2.33. The average Bonchev–Trinajstić information content (AvgIpc) is 3.22. The number of amides is 1. The van der Waals surface area contributed by atoms with Crippen molar-refractivity contribution in [1.29, 1.82) is 0 Å². The molecule has 9 heteroatoms. The Labute approximate surface area is 186 Å². The summed E-state index contributed by atoms with van der Waals surface area (Å²) in [4.78, 5) is 17.2. The molecule has 1 N–H and O–H groups in total. The highest BCUT2D eigenvalue weighted by atomic mass is 32.2. The van der Waals surface area contributed by atoms with Crippen molar-refractivity contribution < 1.29 is 17.9 Å². The summed E-state index contributed by atoms with van der Waals surface area (Å²) < 4.78 is 31.8. The van der Waals surface area contributed by atoms with Gasteiger partial charge in [0.2, 0.25) is 10.0 Å². The molecule has 0 saturated carbocycles. The molecule has 3 rings (SSSR count). The maximum atomic E-state index is 12.6. The van der Waals surface area contributed by atoms with Crippen molar-refractivity contribution >= 4 is 32.4 Å². The lowest BCUT2D eigenvalue weighted by atomic mass is 10.2. The van der Waals surface area contributed by atoms with Gasteiger partial charge in [0.1, 0.15) is 5.75 Å². The summed E-state index contributed by atoms with van der Waals surface area (Å²) in [6, 6.07) is 13.3. The number of nitrogens with one attached hydrogen (secondary N) is 1.